The molecule has 0 spiro atoms. The maximum atomic E-state index is 12.5. The Morgan fingerprint density at radius 1 is 1.25 bits per heavy atom. The van der Waals surface area contributed by atoms with Crippen LogP contribution in [0.25, 0.3) is 0 Å². The van der Waals surface area contributed by atoms with E-state index in [1.807, 2.05) is 31.2 Å². The zero-order chi connectivity index (χ0) is 16.5. The van der Waals surface area contributed by atoms with Crippen molar-refractivity contribution in [3.63, 3.8) is 0 Å². The summed E-state index contributed by atoms with van der Waals surface area (Å²) in [6.07, 6.45) is 2.65. The molecule has 4 rings (SSSR count). The second-order valence-corrected chi connectivity index (χ2v) is 6.36. The number of nitrogens with zero attached hydrogens (tertiary/aromatic N) is 1. The van der Waals surface area contributed by atoms with Crippen LogP contribution >= 0.6 is 0 Å². The molecule has 1 N–H and O–H groups in total. The third kappa shape index (κ3) is 2.94. The van der Waals surface area contributed by atoms with Gasteiger partial charge in [-0.2, -0.15) is 0 Å². The van der Waals surface area contributed by atoms with E-state index in [0.717, 1.165) is 12.0 Å². The highest BCUT2D eigenvalue weighted by molar-refractivity contribution is 5.83. The molecule has 2 heterocycles. The standard InChI is InChI=1S/C19H20N2O3/c1-12(14-9-17-19(20-11-14)24-8-7-23-17)21-18(22)16-10-15(16)13-5-3-2-4-6-13/h2-6,9,11-12,15-16H,7-8,10H2,1H3,(H,21,22). The van der Waals surface area contributed by atoms with Gasteiger partial charge in [-0.1, -0.05) is 30.3 Å². The molecule has 24 heavy (non-hydrogen) atoms. The number of rotatable bonds is 4. The van der Waals surface area contributed by atoms with Gasteiger partial charge in [-0.3, -0.25) is 4.79 Å². The van der Waals surface area contributed by atoms with Crippen LogP contribution in [0.4, 0.5) is 0 Å². The van der Waals surface area contributed by atoms with E-state index in [-0.39, 0.29) is 17.9 Å². The number of nitrogens with one attached hydrogen (secondary N) is 1. The number of pyridine rings is 1. The molecule has 1 aliphatic carbocycles. The summed E-state index contributed by atoms with van der Waals surface area (Å²) < 4.78 is 11.0. The second-order valence-electron chi connectivity index (χ2n) is 6.36. The SMILES string of the molecule is CC(NC(=O)C1CC1c1ccccc1)c1cnc2c(c1)OCCO2. The fourth-order valence-corrected chi connectivity index (χ4v) is 3.14. The molecule has 0 radical (unpaired) electrons. The molecule has 1 aromatic carbocycles. The summed E-state index contributed by atoms with van der Waals surface area (Å²) in [4.78, 5) is 16.7. The van der Waals surface area contributed by atoms with Crippen LogP contribution < -0.4 is 14.8 Å². The van der Waals surface area contributed by atoms with Gasteiger partial charge in [0.15, 0.2) is 5.75 Å². The highest BCUT2D eigenvalue weighted by Gasteiger charge is 2.44. The fourth-order valence-electron chi connectivity index (χ4n) is 3.14. The Balaban J connectivity index is 1.40. The predicted octanol–water partition coefficient (Wildman–Crippen LogP) is 2.83. The van der Waals surface area contributed by atoms with Crippen molar-refractivity contribution in [1.29, 1.82) is 0 Å². The largest absolute Gasteiger partial charge is 0.484 e. The van der Waals surface area contributed by atoms with E-state index < -0.39 is 0 Å². The highest BCUT2D eigenvalue weighted by Crippen LogP contribution is 2.47. The van der Waals surface area contributed by atoms with Gasteiger partial charge in [-0.15, -0.1) is 0 Å². The van der Waals surface area contributed by atoms with E-state index in [0.29, 0.717) is 30.8 Å². The average Bonchev–Trinajstić information content (AvgIpc) is 3.43. The van der Waals surface area contributed by atoms with E-state index in [1.165, 1.54) is 5.56 Å². The summed E-state index contributed by atoms with van der Waals surface area (Å²) in [6, 6.07) is 12.0. The molecule has 1 fully saturated rings. The van der Waals surface area contributed by atoms with Gasteiger partial charge in [-0.05, 0) is 36.5 Å². The molecule has 3 atom stereocenters. The minimum Gasteiger partial charge on any atom is -0.484 e. The Morgan fingerprint density at radius 3 is 2.88 bits per heavy atom. The van der Waals surface area contributed by atoms with Crippen LogP contribution in [0.2, 0.25) is 0 Å². The molecule has 1 amide bonds. The molecule has 2 aromatic rings. The van der Waals surface area contributed by atoms with Gasteiger partial charge in [0.2, 0.25) is 5.91 Å². The number of benzene rings is 1. The summed E-state index contributed by atoms with van der Waals surface area (Å²) in [6.45, 7) is 3.01. The third-order valence-corrected chi connectivity index (χ3v) is 4.63. The second kappa shape index (κ2) is 6.15. The molecule has 124 valence electrons. The Kier molecular flexibility index (Phi) is 3.84. The summed E-state index contributed by atoms with van der Waals surface area (Å²) in [7, 11) is 0. The number of carbonyl (C=O) groups excluding carboxylic acids is 1. The monoisotopic (exact) mass is 324 g/mol. The number of hydrogen-bond donors (Lipinski definition) is 1. The van der Waals surface area contributed by atoms with Crippen LogP contribution in [0.1, 0.15) is 36.4 Å². The minimum absolute atomic E-state index is 0.0695. The molecule has 3 unspecified atom stereocenters. The highest BCUT2D eigenvalue weighted by atomic mass is 16.6. The molecule has 5 nitrogen and oxygen atoms in total. The van der Waals surface area contributed by atoms with Crippen molar-refractivity contribution in [1.82, 2.24) is 10.3 Å². The molecular formula is C19H20N2O3. The molecule has 1 saturated carbocycles. The molecule has 0 saturated heterocycles. The first-order valence-electron chi connectivity index (χ1n) is 8.33. The minimum atomic E-state index is -0.113. The Labute approximate surface area is 141 Å². The van der Waals surface area contributed by atoms with Crippen LogP contribution in [0.15, 0.2) is 42.6 Å². The Bertz CT molecular complexity index is 748. The van der Waals surface area contributed by atoms with E-state index in [2.05, 4.69) is 22.4 Å². The van der Waals surface area contributed by atoms with Gasteiger partial charge < -0.3 is 14.8 Å². The van der Waals surface area contributed by atoms with Crippen molar-refractivity contribution in [2.24, 2.45) is 5.92 Å². The van der Waals surface area contributed by atoms with Gasteiger partial charge in [0.1, 0.15) is 13.2 Å². The van der Waals surface area contributed by atoms with Gasteiger partial charge in [0.25, 0.3) is 5.88 Å². The molecule has 2 aliphatic rings. The van der Waals surface area contributed by atoms with Crippen LogP contribution in [-0.4, -0.2) is 24.1 Å². The van der Waals surface area contributed by atoms with E-state index in [4.69, 9.17) is 9.47 Å². The molecule has 1 aliphatic heterocycles. The summed E-state index contributed by atoms with van der Waals surface area (Å²) >= 11 is 0. The quantitative estimate of drug-likeness (QED) is 0.939. The van der Waals surface area contributed by atoms with Gasteiger partial charge in [0.05, 0.1) is 6.04 Å². The predicted molar refractivity (Wildman–Crippen MR) is 89.1 cm³/mol. The van der Waals surface area contributed by atoms with Crippen LogP contribution in [0, 0.1) is 5.92 Å². The zero-order valence-electron chi connectivity index (χ0n) is 13.6. The average molecular weight is 324 g/mol. The zero-order valence-corrected chi connectivity index (χ0v) is 13.6. The first kappa shape index (κ1) is 15.0. The molecular weight excluding hydrogens is 304 g/mol. The first-order chi connectivity index (χ1) is 11.7. The maximum Gasteiger partial charge on any atom is 0.257 e. The summed E-state index contributed by atoms with van der Waals surface area (Å²) in [5, 5.41) is 3.09. The van der Waals surface area contributed by atoms with Crippen molar-refractivity contribution in [3.8, 4) is 11.6 Å². The summed E-state index contributed by atoms with van der Waals surface area (Å²) in [5.41, 5.74) is 2.16. The van der Waals surface area contributed by atoms with E-state index in [1.54, 1.807) is 6.20 Å². The first-order valence-corrected chi connectivity index (χ1v) is 8.33. The Hall–Kier alpha value is -2.56. The van der Waals surface area contributed by atoms with Gasteiger partial charge in [0, 0.05) is 12.1 Å². The smallest absolute Gasteiger partial charge is 0.257 e. The lowest BCUT2D eigenvalue weighted by Crippen LogP contribution is -2.28. The van der Waals surface area contributed by atoms with Crippen molar-refractivity contribution < 1.29 is 14.3 Å². The van der Waals surface area contributed by atoms with Crippen molar-refractivity contribution in [3.05, 3.63) is 53.7 Å². The lowest BCUT2D eigenvalue weighted by atomic mass is 10.1. The number of aromatic nitrogens is 1. The fraction of sp³-hybridized carbons (Fsp3) is 0.368. The normalized spacial score (nSPS) is 22.5. The number of carbonyl (C=O) groups is 1. The molecule has 5 heteroatoms. The third-order valence-electron chi connectivity index (χ3n) is 4.63. The van der Waals surface area contributed by atoms with Crippen LogP contribution in [0.3, 0.4) is 0 Å². The van der Waals surface area contributed by atoms with Gasteiger partial charge >= 0.3 is 0 Å². The number of ether oxygens (including phenoxy) is 2. The van der Waals surface area contributed by atoms with Gasteiger partial charge in [-0.25, -0.2) is 4.98 Å². The van der Waals surface area contributed by atoms with Crippen molar-refractivity contribution in [2.45, 2.75) is 25.3 Å². The van der Waals surface area contributed by atoms with Crippen molar-refractivity contribution >= 4 is 5.91 Å². The lowest BCUT2D eigenvalue weighted by molar-refractivity contribution is -0.123. The number of fused-ring (bicyclic) bond motifs is 1. The topological polar surface area (TPSA) is 60.5 Å². The van der Waals surface area contributed by atoms with Crippen LogP contribution in [-0.2, 0) is 4.79 Å². The lowest BCUT2D eigenvalue weighted by Gasteiger charge is -2.20. The number of hydrogen-bond acceptors (Lipinski definition) is 4. The van der Waals surface area contributed by atoms with E-state index >= 15 is 0 Å². The van der Waals surface area contributed by atoms with E-state index in [9.17, 15) is 4.79 Å². The molecule has 0 bridgehead atoms. The molecule has 1 aromatic heterocycles. The van der Waals surface area contributed by atoms with Crippen LogP contribution in [0.5, 0.6) is 11.6 Å². The van der Waals surface area contributed by atoms with Crippen molar-refractivity contribution in [2.75, 3.05) is 13.2 Å². The maximum absolute atomic E-state index is 12.5. The number of amides is 1. The summed E-state index contributed by atoms with van der Waals surface area (Å²) in [5.74, 6) is 1.69. The Morgan fingerprint density at radius 2 is 2.04 bits per heavy atom.